The zero-order valence-corrected chi connectivity index (χ0v) is 10.6. The molecule has 1 aliphatic rings. The minimum atomic E-state index is -1.23. The van der Waals surface area contributed by atoms with E-state index in [0.29, 0.717) is 12.0 Å². The lowest BCUT2D eigenvalue weighted by atomic mass is 10.1. The van der Waals surface area contributed by atoms with Crippen molar-refractivity contribution in [2.24, 2.45) is 0 Å². The third kappa shape index (κ3) is 3.93. The first-order chi connectivity index (χ1) is 7.91. The van der Waals surface area contributed by atoms with Crippen molar-refractivity contribution in [2.75, 3.05) is 13.1 Å². The van der Waals surface area contributed by atoms with E-state index in [2.05, 4.69) is 0 Å². The third-order valence-corrected chi connectivity index (χ3v) is 3.02. The standard InChI is InChI=1S/C11H16ClNO4/c1-7(12)8(2)17-10(14)9-3-5-13(6-4-9)11(15)16/h3,7-8H,4-6H2,1-2H3,(H,15,16)/p-1. The first-order valence-electron chi connectivity index (χ1n) is 5.41. The van der Waals surface area contributed by atoms with Crippen molar-refractivity contribution in [1.82, 2.24) is 4.90 Å². The number of esters is 1. The minimum absolute atomic E-state index is 0.164. The molecule has 0 N–H and O–H groups in total. The van der Waals surface area contributed by atoms with Gasteiger partial charge in [-0.15, -0.1) is 11.6 Å². The molecule has 1 aliphatic heterocycles. The second-order valence-electron chi connectivity index (χ2n) is 3.98. The average molecular weight is 261 g/mol. The number of hydrogen-bond acceptors (Lipinski definition) is 4. The topological polar surface area (TPSA) is 69.7 Å². The average Bonchev–Trinajstić information content (AvgIpc) is 2.28. The normalized spacial score (nSPS) is 19.2. The van der Waals surface area contributed by atoms with E-state index in [-0.39, 0.29) is 24.6 Å². The molecule has 0 aromatic rings. The third-order valence-electron chi connectivity index (χ3n) is 2.67. The number of carboxylic acid groups (broad SMARTS) is 1. The first-order valence-corrected chi connectivity index (χ1v) is 5.85. The van der Waals surface area contributed by atoms with E-state index < -0.39 is 12.1 Å². The van der Waals surface area contributed by atoms with Gasteiger partial charge in [0.05, 0.1) is 5.38 Å². The van der Waals surface area contributed by atoms with Crippen LogP contribution in [-0.4, -0.2) is 41.5 Å². The van der Waals surface area contributed by atoms with Gasteiger partial charge in [0.25, 0.3) is 0 Å². The van der Waals surface area contributed by atoms with Crippen LogP contribution in [0.4, 0.5) is 4.79 Å². The Kier molecular flexibility index (Phi) is 4.81. The second-order valence-corrected chi connectivity index (χ2v) is 4.67. The molecule has 0 aromatic carbocycles. The van der Waals surface area contributed by atoms with Gasteiger partial charge in [-0.25, -0.2) is 4.79 Å². The molecule has 0 aromatic heterocycles. The van der Waals surface area contributed by atoms with Gasteiger partial charge in [0.1, 0.15) is 12.2 Å². The number of hydrogen-bond donors (Lipinski definition) is 0. The van der Waals surface area contributed by atoms with Gasteiger partial charge >= 0.3 is 5.97 Å². The maximum Gasteiger partial charge on any atom is 0.334 e. The van der Waals surface area contributed by atoms with E-state index in [1.807, 2.05) is 0 Å². The largest absolute Gasteiger partial charge is 0.530 e. The lowest BCUT2D eigenvalue weighted by Gasteiger charge is -2.28. The van der Waals surface area contributed by atoms with Crippen LogP contribution < -0.4 is 5.11 Å². The number of alkyl halides is 1. The summed E-state index contributed by atoms with van der Waals surface area (Å²) < 4.78 is 5.13. The Morgan fingerprint density at radius 3 is 2.59 bits per heavy atom. The molecule has 0 saturated carbocycles. The smallest absolute Gasteiger partial charge is 0.334 e. The highest BCUT2D eigenvalue weighted by molar-refractivity contribution is 6.20. The summed E-state index contributed by atoms with van der Waals surface area (Å²) in [5, 5.41) is 10.3. The van der Waals surface area contributed by atoms with Crippen LogP contribution >= 0.6 is 11.6 Å². The van der Waals surface area contributed by atoms with Crippen LogP contribution in [0, 0.1) is 0 Å². The van der Waals surface area contributed by atoms with Gasteiger partial charge in [0.2, 0.25) is 0 Å². The summed E-state index contributed by atoms with van der Waals surface area (Å²) in [6.45, 7) is 3.88. The number of carbonyl (C=O) groups excluding carboxylic acids is 2. The highest BCUT2D eigenvalue weighted by Gasteiger charge is 2.21. The summed E-state index contributed by atoms with van der Waals surface area (Å²) in [6.07, 6.45) is 0.296. The fourth-order valence-corrected chi connectivity index (χ4v) is 1.41. The first kappa shape index (κ1) is 13.8. The van der Waals surface area contributed by atoms with Gasteiger partial charge in [-0.3, -0.25) is 0 Å². The zero-order valence-electron chi connectivity index (χ0n) is 9.81. The molecule has 0 spiro atoms. The van der Waals surface area contributed by atoms with Gasteiger partial charge < -0.3 is 19.5 Å². The van der Waals surface area contributed by atoms with Crippen molar-refractivity contribution in [1.29, 1.82) is 0 Å². The van der Waals surface area contributed by atoms with Crippen LogP contribution in [-0.2, 0) is 9.53 Å². The molecule has 0 radical (unpaired) electrons. The fourth-order valence-electron chi connectivity index (χ4n) is 1.36. The van der Waals surface area contributed by atoms with Crippen LogP contribution in [0.1, 0.15) is 20.3 Å². The molecule has 0 saturated heterocycles. The van der Waals surface area contributed by atoms with Crippen molar-refractivity contribution in [3.05, 3.63) is 11.6 Å². The van der Waals surface area contributed by atoms with Gasteiger partial charge in [0.15, 0.2) is 0 Å². The number of ether oxygens (including phenoxy) is 1. The van der Waals surface area contributed by atoms with E-state index in [1.165, 1.54) is 0 Å². The maximum atomic E-state index is 11.7. The van der Waals surface area contributed by atoms with Gasteiger partial charge in [0, 0.05) is 18.7 Å². The maximum absolute atomic E-state index is 11.7. The van der Waals surface area contributed by atoms with Crippen LogP contribution in [0.25, 0.3) is 0 Å². The molecule has 96 valence electrons. The lowest BCUT2D eigenvalue weighted by Crippen LogP contribution is -2.44. The van der Waals surface area contributed by atoms with E-state index in [0.717, 1.165) is 4.90 Å². The Morgan fingerprint density at radius 1 is 1.53 bits per heavy atom. The van der Waals surface area contributed by atoms with Crippen molar-refractivity contribution < 1.29 is 19.4 Å². The summed E-state index contributed by atoms with van der Waals surface area (Å²) in [7, 11) is 0. The van der Waals surface area contributed by atoms with Crippen LogP contribution in [0.15, 0.2) is 11.6 Å². The molecule has 17 heavy (non-hydrogen) atoms. The number of halogens is 1. The molecule has 0 fully saturated rings. The number of carbonyl (C=O) groups is 2. The van der Waals surface area contributed by atoms with Crippen molar-refractivity contribution in [3.63, 3.8) is 0 Å². The number of nitrogens with zero attached hydrogens (tertiary/aromatic N) is 1. The van der Waals surface area contributed by atoms with Crippen molar-refractivity contribution >= 4 is 23.7 Å². The molecule has 6 heteroatoms. The van der Waals surface area contributed by atoms with E-state index in [4.69, 9.17) is 16.3 Å². The van der Waals surface area contributed by atoms with Gasteiger partial charge in [-0.05, 0) is 20.3 Å². The van der Waals surface area contributed by atoms with Crippen molar-refractivity contribution in [2.45, 2.75) is 31.7 Å². The van der Waals surface area contributed by atoms with Gasteiger partial charge in [-0.1, -0.05) is 6.08 Å². The Labute approximate surface area is 105 Å². The molecule has 5 nitrogen and oxygen atoms in total. The molecular weight excluding hydrogens is 246 g/mol. The highest BCUT2D eigenvalue weighted by atomic mass is 35.5. The minimum Gasteiger partial charge on any atom is -0.530 e. The second kappa shape index (κ2) is 5.91. The molecule has 1 rings (SSSR count). The van der Waals surface area contributed by atoms with Crippen molar-refractivity contribution in [3.8, 4) is 0 Å². The van der Waals surface area contributed by atoms with Gasteiger partial charge in [-0.2, -0.15) is 0 Å². The highest BCUT2D eigenvalue weighted by Crippen LogP contribution is 2.15. The summed E-state index contributed by atoms with van der Waals surface area (Å²) >= 11 is 5.79. The predicted molar refractivity (Wildman–Crippen MR) is 60.5 cm³/mol. The lowest BCUT2D eigenvalue weighted by molar-refractivity contribution is -0.265. The summed E-state index contributed by atoms with van der Waals surface area (Å²) in [4.78, 5) is 23.3. The summed E-state index contributed by atoms with van der Waals surface area (Å²) in [5.41, 5.74) is 0.492. The Morgan fingerprint density at radius 2 is 2.18 bits per heavy atom. The Hall–Kier alpha value is -1.23. The number of amides is 1. The SMILES string of the molecule is CC(Cl)C(C)OC(=O)C1=CCN(C(=O)[O-])CC1. The van der Waals surface area contributed by atoms with Crippen LogP contribution in [0.3, 0.4) is 0 Å². The van der Waals surface area contributed by atoms with Crippen LogP contribution in [0.5, 0.6) is 0 Å². The molecule has 1 amide bonds. The molecule has 1 heterocycles. The molecular formula is C11H15ClNO4-. The molecule has 0 aliphatic carbocycles. The number of rotatable bonds is 3. The summed E-state index contributed by atoms with van der Waals surface area (Å²) in [6, 6.07) is 0. The molecule has 2 atom stereocenters. The Balaban J connectivity index is 2.52. The Bertz CT molecular complexity index is 340. The fraction of sp³-hybridized carbons (Fsp3) is 0.636. The summed E-state index contributed by atoms with van der Waals surface area (Å²) in [5.74, 6) is -0.428. The van der Waals surface area contributed by atoms with E-state index >= 15 is 0 Å². The van der Waals surface area contributed by atoms with Crippen LogP contribution in [0.2, 0.25) is 0 Å². The molecule has 2 unspecified atom stereocenters. The monoisotopic (exact) mass is 260 g/mol. The molecule has 0 bridgehead atoms. The predicted octanol–water partition coefficient (Wildman–Crippen LogP) is 0.521. The van der Waals surface area contributed by atoms with E-state index in [1.54, 1.807) is 19.9 Å². The zero-order chi connectivity index (χ0) is 13.0. The quantitative estimate of drug-likeness (QED) is 0.548. The van der Waals surface area contributed by atoms with E-state index in [9.17, 15) is 14.7 Å².